The molecule has 1 atom stereocenters. The minimum Gasteiger partial charge on any atom is -0.394 e. The van der Waals surface area contributed by atoms with Crippen LogP contribution in [-0.2, 0) is 13.6 Å². The Morgan fingerprint density at radius 1 is 1.35 bits per heavy atom. The molecule has 2 aromatic rings. The van der Waals surface area contributed by atoms with E-state index in [9.17, 15) is 5.11 Å². The second-order valence-electron chi connectivity index (χ2n) is 3.98. The van der Waals surface area contributed by atoms with Crippen molar-refractivity contribution in [3.8, 4) is 0 Å². The number of hydrogen-bond acceptors (Lipinski definition) is 3. The summed E-state index contributed by atoms with van der Waals surface area (Å²) in [6.07, 6.45) is 3.68. The second-order valence-corrected chi connectivity index (χ2v) is 3.98. The minimum atomic E-state index is -0.0482. The molecule has 1 aromatic heterocycles. The van der Waals surface area contributed by atoms with Crippen molar-refractivity contribution in [2.24, 2.45) is 7.05 Å². The highest BCUT2D eigenvalue weighted by molar-refractivity contribution is 5.18. The van der Waals surface area contributed by atoms with Crippen molar-refractivity contribution in [3.05, 3.63) is 54.1 Å². The summed E-state index contributed by atoms with van der Waals surface area (Å²) >= 11 is 0. The van der Waals surface area contributed by atoms with Crippen molar-refractivity contribution in [2.45, 2.75) is 12.6 Å². The van der Waals surface area contributed by atoms with Crippen molar-refractivity contribution >= 4 is 0 Å². The third-order valence-electron chi connectivity index (χ3n) is 2.81. The topological polar surface area (TPSA) is 50.1 Å². The highest BCUT2D eigenvalue weighted by Crippen LogP contribution is 2.12. The number of nitrogens with one attached hydrogen (secondary N) is 1. The summed E-state index contributed by atoms with van der Waals surface area (Å²) < 4.78 is 1.96. The highest BCUT2D eigenvalue weighted by atomic mass is 16.3. The highest BCUT2D eigenvalue weighted by Gasteiger charge is 2.10. The van der Waals surface area contributed by atoms with Gasteiger partial charge in [-0.25, -0.2) is 4.98 Å². The predicted molar refractivity (Wildman–Crippen MR) is 66.3 cm³/mol. The van der Waals surface area contributed by atoms with Crippen LogP contribution < -0.4 is 5.32 Å². The number of aliphatic hydroxyl groups excluding tert-OH is 1. The Morgan fingerprint density at radius 3 is 2.71 bits per heavy atom. The van der Waals surface area contributed by atoms with Crippen LogP contribution >= 0.6 is 0 Å². The van der Waals surface area contributed by atoms with Gasteiger partial charge in [-0.1, -0.05) is 30.3 Å². The van der Waals surface area contributed by atoms with Crippen LogP contribution in [0.1, 0.15) is 17.4 Å². The van der Waals surface area contributed by atoms with E-state index in [1.165, 1.54) is 0 Å². The Balaban J connectivity index is 1.99. The maximum Gasteiger partial charge on any atom is 0.122 e. The molecule has 0 saturated heterocycles. The molecule has 0 unspecified atom stereocenters. The number of aromatic nitrogens is 2. The van der Waals surface area contributed by atoms with Crippen LogP contribution in [0, 0.1) is 0 Å². The normalized spacial score (nSPS) is 12.6. The van der Waals surface area contributed by atoms with Crippen LogP contribution in [0.2, 0.25) is 0 Å². The number of benzene rings is 1. The Bertz CT molecular complexity index is 453. The number of aryl methyl sites for hydroxylation is 1. The molecule has 0 saturated carbocycles. The Labute approximate surface area is 101 Å². The number of nitrogens with zero attached hydrogens (tertiary/aromatic N) is 2. The molecule has 0 radical (unpaired) electrons. The van der Waals surface area contributed by atoms with Gasteiger partial charge in [-0.2, -0.15) is 0 Å². The standard InChI is InChI=1S/C13H17N3O/c1-16-8-7-14-13(16)9-15-12(10-17)11-5-3-2-4-6-11/h2-8,12,15,17H,9-10H2,1H3/t12-/m0/s1. The van der Waals surface area contributed by atoms with Crippen LogP contribution in [0.5, 0.6) is 0 Å². The first-order valence-corrected chi connectivity index (χ1v) is 5.66. The summed E-state index contributed by atoms with van der Waals surface area (Å²) in [7, 11) is 1.96. The molecule has 0 fully saturated rings. The van der Waals surface area contributed by atoms with E-state index in [-0.39, 0.29) is 12.6 Å². The van der Waals surface area contributed by atoms with Gasteiger partial charge >= 0.3 is 0 Å². The molecule has 0 aliphatic heterocycles. The van der Waals surface area contributed by atoms with Crippen molar-refractivity contribution < 1.29 is 5.11 Å². The quantitative estimate of drug-likeness (QED) is 0.814. The van der Waals surface area contributed by atoms with E-state index in [2.05, 4.69) is 10.3 Å². The summed E-state index contributed by atoms with van der Waals surface area (Å²) in [6, 6.07) is 9.88. The maximum atomic E-state index is 9.39. The second kappa shape index (κ2) is 5.61. The van der Waals surface area contributed by atoms with Crippen molar-refractivity contribution in [2.75, 3.05) is 6.61 Å². The van der Waals surface area contributed by atoms with Gasteiger partial charge in [0.15, 0.2) is 0 Å². The van der Waals surface area contributed by atoms with Gasteiger partial charge in [0.05, 0.1) is 19.2 Å². The van der Waals surface area contributed by atoms with Gasteiger partial charge in [-0.3, -0.25) is 0 Å². The van der Waals surface area contributed by atoms with E-state index in [1.54, 1.807) is 6.20 Å². The van der Waals surface area contributed by atoms with E-state index in [1.807, 2.05) is 48.1 Å². The monoisotopic (exact) mass is 231 g/mol. The fraction of sp³-hybridized carbons (Fsp3) is 0.308. The molecule has 4 heteroatoms. The summed E-state index contributed by atoms with van der Waals surface area (Å²) in [5, 5.41) is 12.7. The van der Waals surface area contributed by atoms with Crippen molar-refractivity contribution in [3.63, 3.8) is 0 Å². The fourth-order valence-electron chi connectivity index (χ4n) is 1.75. The van der Waals surface area contributed by atoms with Crippen LogP contribution in [-0.4, -0.2) is 21.3 Å². The molecule has 1 heterocycles. The third kappa shape index (κ3) is 2.93. The first-order valence-electron chi connectivity index (χ1n) is 5.66. The average Bonchev–Trinajstić information content (AvgIpc) is 2.77. The van der Waals surface area contributed by atoms with E-state index in [0.717, 1.165) is 11.4 Å². The smallest absolute Gasteiger partial charge is 0.122 e. The van der Waals surface area contributed by atoms with E-state index in [4.69, 9.17) is 0 Å². The lowest BCUT2D eigenvalue weighted by atomic mass is 10.1. The van der Waals surface area contributed by atoms with Gasteiger partial charge in [0.25, 0.3) is 0 Å². The molecule has 2 N–H and O–H groups in total. The van der Waals surface area contributed by atoms with E-state index in [0.29, 0.717) is 6.54 Å². The summed E-state index contributed by atoms with van der Waals surface area (Å²) in [5.41, 5.74) is 1.09. The molecule has 0 spiro atoms. The van der Waals surface area contributed by atoms with Crippen LogP contribution in [0.4, 0.5) is 0 Å². The summed E-state index contributed by atoms with van der Waals surface area (Å²) in [4.78, 5) is 4.23. The van der Waals surface area contributed by atoms with E-state index < -0.39 is 0 Å². The predicted octanol–water partition coefficient (Wildman–Crippen LogP) is 1.24. The molecular formula is C13H17N3O. The molecule has 0 aliphatic rings. The summed E-state index contributed by atoms with van der Waals surface area (Å²) in [6.45, 7) is 0.720. The Morgan fingerprint density at radius 2 is 2.12 bits per heavy atom. The third-order valence-corrected chi connectivity index (χ3v) is 2.81. The van der Waals surface area contributed by atoms with Crippen LogP contribution in [0.15, 0.2) is 42.7 Å². The Hall–Kier alpha value is -1.65. The van der Waals surface area contributed by atoms with Crippen LogP contribution in [0.3, 0.4) is 0 Å². The van der Waals surface area contributed by atoms with Gasteiger partial charge in [0.1, 0.15) is 5.82 Å². The number of imidazole rings is 1. The van der Waals surface area contributed by atoms with Gasteiger partial charge in [-0.15, -0.1) is 0 Å². The molecule has 90 valence electrons. The van der Waals surface area contributed by atoms with Gasteiger partial charge in [0.2, 0.25) is 0 Å². The first kappa shape index (κ1) is 11.8. The zero-order valence-electron chi connectivity index (χ0n) is 9.87. The van der Waals surface area contributed by atoms with Crippen LogP contribution in [0.25, 0.3) is 0 Å². The molecule has 17 heavy (non-hydrogen) atoms. The van der Waals surface area contributed by atoms with Gasteiger partial charge < -0.3 is 15.0 Å². The Kier molecular flexibility index (Phi) is 3.90. The van der Waals surface area contributed by atoms with Crippen molar-refractivity contribution in [1.29, 1.82) is 0 Å². The lowest BCUT2D eigenvalue weighted by Crippen LogP contribution is -2.25. The number of rotatable bonds is 5. The largest absolute Gasteiger partial charge is 0.394 e. The van der Waals surface area contributed by atoms with E-state index >= 15 is 0 Å². The molecule has 1 aromatic carbocycles. The fourth-order valence-corrected chi connectivity index (χ4v) is 1.75. The summed E-state index contributed by atoms with van der Waals surface area (Å²) in [5.74, 6) is 0.958. The lowest BCUT2D eigenvalue weighted by Gasteiger charge is -2.16. The number of hydrogen-bond donors (Lipinski definition) is 2. The molecular weight excluding hydrogens is 214 g/mol. The minimum absolute atomic E-state index is 0.0482. The first-order chi connectivity index (χ1) is 8.31. The van der Waals surface area contributed by atoms with Gasteiger partial charge in [-0.05, 0) is 5.56 Å². The average molecular weight is 231 g/mol. The zero-order valence-corrected chi connectivity index (χ0v) is 9.87. The number of aliphatic hydroxyl groups is 1. The van der Waals surface area contributed by atoms with Gasteiger partial charge in [0, 0.05) is 19.4 Å². The molecule has 4 nitrogen and oxygen atoms in total. The zero-order chi connectivity index (χ0) is 12.1. The SMILES string of the molecule is Cn1ccnc1CN[C@@H](CO)c1ccccc1. The maximum absolute atomic E-state index is 9.39. The molecule has 0 amide bonds. The molecule has 2 rings (SSSR count). The van der Waals surface area contributed by atoms with Crippen molar-refractivity contribution in [1.82, 2.24) is 14.9 Å². The molecule has 0 bridgehead atoms. The lowest BCUT2D eigenvalue weighted by molar-refractivity contribution is 0.242. The molecule has 0 aliphatic carbocycles.